The summed E-state index contributed by atoms with van der Waals surface area (Å²) in [5, 5.41) is 0. The maximum atomic E-state index is 4.21. The molecule has 5 heteroatoms. The molecule has 1 aliphatic rings. The third kappa shape index (κ3) is 2.77. The van der Waals surface area contributed by atoms with E-state index in [1.807, 2.05) is 30.9 Å². The summed E-state index contributed by atoms with van der Waals surface area (Å²) in [6.07, 6.45) is 9.12. The van der Waals surface area contributed by atoms with Crippen molar-refractivity contribution in [1.29, 1.82) is 0 Å². The molecular weight excluding hydrogens is 250 g/mol. The van der Waals surface area contributed by atoms with Crippen LogP contribution in [0.4, 0.5) is 5.69 Å². The second-order valence-corrected chi connectivity index (χ2v) is 5.08. The van der Waals surface area contributed by atoms with Gasteiger partial charge < -0.3 is 4.90 Å². The SMILES string of the molecule is CC(c1cccnc1)N1CCN(c2cncnc2)CC1. The van der Waals surface area contributed by atoms with Crippen LogP contribution in [0.5, 0.6) is 0 Å². The van der Waals surface area contributed by atoms with Crippen LogP contribution in [0.3, 0.4) is 0 Å². The van der Waals surface area contributed by atoms with E-state index in [1.54, 1.807) is 6.33 Å². The average molecular weight is 269 g/mol. The van der Waals surface area contributed by atoms with Crippen molar-refractivity contribution in [3.63, 3.8) is 0 Å². The van der Waals surface area contributed by atoms with Crippen molar-refractivity contribution < 1.29 is 0 Å². The molecule has 0 radical (unpaired) electrons. The van der Waals surface area contributed by atoms with Crippen molar-refractivity contribution in [2.45, 2.75) is 13.0 Å². The van der Waals surface area contributed by atoms with E-state index < -0.39 is 0 Å². The number of pyridine rings is 1. The molecule has 0 N–H and O–H groups in total. The van der Waals surface area contributed by atoms with Crippen LogP contribution in [0, 0.1) is 0 Å². The highest BCUT2D eigenvalue weighted by Gasteiger charge is 2.22. The molecule has 1 fully saturated rings. The smallest absolute Gasteiger partial charge is 0.115 e. The summed E-state index contributed by atoms with van der Waals surface area (Å²) < 4.78 is 0. The van der Waals surface area contributed by atoms with E-state index in [4.69, 9.17) is 0 Å². The van der Waals surface area contributed by atoms with Gasteiger partial charge in [-0.1, -0.05) is 6.07 Å². The Labute approximate surface area is 119 Å². The minimum absolute atomic E-state index is 0.415. The molecule has 1 saturated heterocycles. The average Bonchev–Trinajstić information content (AvgIpc) is 2.56. The number of rotatable bonds is 3. The molecular formula is C15H19N5. The third-order valence-corrected chi connectivity index (χ3v) is 3.94. The molecule has 20 heavy (non-hydrogen) atoms. The van der Waals surface area contributed by atoms with Crippen LogP contribution in [-0.2, 0) is 0 Å². The van der Waals surface area contributed by atoms with E-state index in [0.717, 1.165) is 31.9 Å². The molecule has 3 rings (SSSR count). The summed E-state index contributed by atoms with van der Waals surface area (Å²) in [6.45, 7) is 6.37. The highest BCUT2D eigenvalue weighted by molar-refractivity contribution is 5.42. The van der Waals surface area contributed by atoms with Crippen molar-refractivity contribution >= 4 is 5.69 Å². The van der Waals surface area contributed by atoms with Gasteiger partial charge in [0.1, 0.15) is 6.33 Å². The molecule has 1 atom stereocenters. The van der Waals surface area contributed by atoms with Gasteiger partial charge in [0.2, 0.25) is 0 Å². The minimum atomic E-state index is 0.415. The normalized spacial score (nSPS) is 17.9. The monoisotopic (exact) mass is 269 g/mol. The topological polar surface area (TPSA) is 45.2 Å². The van der Waals surface area contributed by atoms with Gasteiger partial charge in [-0.15, -0.1) is 0 Å². The van der Waals surface area contributed by atoms with Gasteiger partial charge in [0.15, 0.2) is 0 Å². The fraction of sp³-hybridized carbons (Fsp3) is 0.400. The number of hydrogen-bond acceptors (Lipinski definition) is 5. The Morgan fingerprint density at radius 1 is 1.00 bits per heavy atom. The highest BCUT2D eigenvalue weighted by Crippen LogP contribution is 2.22. The number of nitrogens with zero attached hydrogens (tertiary/aromatic N) is 5. The van der Waals surface area contributed by atoms with Crippen LogP contribution >= 0.6 is 0 Å². The van der Waals surface area contributed by atoms with Crippen molar-refractivity contribution in [2.75, 3.05) is 31.1 Å². The molecule has 1 unspecified atom stereocenters. The lowest BCUT2D eigenvalue weighted by atomic mass is 10.1. The van der Waals surface area contributed by atoms with E-state index in [2.05, 4.69) is 37.7 Å². The quantitative estimate of drug-likeness (QED) is 0.849. The third-order valence-electron chi connectivity index (χ3n) is 3.94. The molecule has 104 valence electrons. The number of aromatic nitrogens is 3. The summed E-state index contributed by atoms with van der Waals surface area (Å²) in [4.78, 5) is 17.2. The van der Waals surface area contributed by atoms with E-state index in [-0.39, 0.29) is 0 Å². The molecule has 5 nitrogen and oxygen atoms in total. The van der Waals surface area contributed by atoms with Gasteiger partial charge in [-0.2, -0.15) is 0 Å². The van der Waals surface area contributed by atoms with Crippen LogP contribution in [0.15, 0.2) is 43.2 Å². The lowest BCUT2D eigenvalue weighted by Crippen LogP contribution is -2.47. The molecule has 0 bridgehead atoms. The van der Waals surface area contributed by atoms with Crippen LogP contribution in [-0.4, -0.2) is 46.0 Å². The van der Waals surface area contributed by atoms with Crippen molar-refractivity contribution in [2.24, 2.45) is 0 Å². The Balaban J connectivity index is 1.61. The standard InChI is InChI=1S/C15H19N5/c1-13(14-3-2-4-16-9-14)19-5-7-20(8-6-19)15-10-17-12-18-11-15/h2-4,9-13H,5-8H2,1H3. The summed E-state index contributed by atoms with van der Waals surface area (Å²) in [6, 6.07) is 4.57. The molecule has 0 spiro atoms. The zero-order chi connectivity index (χ0) is 13.8. The van der Waals surface area contributed by atoms with Crippen LogP contribution in [0.2, 0.25) is 0 Å². The Morgan fingerprint density at radius 3 is 2.40 bits per heavy atom. The Kier molecular flexibility index (Phi) is 3.87. The second kappa shape index (κ2) is 5.96. The van der Waals surface area contributed by atoms with Gasteiger partial charge in [0.05, 0.1) is 18.1 Å². The fourth-order valence-electron chi connectivity index (χ4n) is 2.66. The summed E-state index contributed by atoms with van der Waals surface area (Å²) >= 11 is 0. The van der Waals surface area contributed by atoms with Crippen molar-refractivity contribution in [3.05, 3.63) is 48.8 Å². The van der Waals surface area contributed by atoms with Crippen LogP contribution in [0.1, 0.15) is 18.5 Å². The van der Waals surface area contributed by atoms with Crippen molar-refractivity contribution in [1.82, 2.24) is 19.9 Å². The molecule has 0 saturated carbocycles. The minimum Gasteiger partial charge on any atom is -0.366 e. The largest absolute Gasteiger partial charge is 0.366 e. The van der Waals surface area contributed by atoms with Gasteiger partial charge in [-0.25, -0.2) is 9.97 Å². The maximum absolute atomic E-state index is 4.21. The highest BCUT2D eigenvalue weighted by atomic mass is 15.3. The molecule has 0 aliphatic carbocycles. The zero-order valence-electron chi connectivity index (χ0n) is 11.7. The summed E-state index contributed by atoms with van der Waals surface area (Å²) in [7, 11) is 0. The van der Waals surface area contributed by atoms with Gasteiger partial charge >= 0.3 is 0 Å². The summed E-state index contributed by atoms with van der Waals surface area (Å²) in [5.74, 6) is 0. The van der Waals surface area contributed by atoms with Crippen molar-refractivity contribution in [3.8, 4) is 0 Å². The maximum Gasteiger partial charge on any atom is 0.115 e. The fourth-order valence-corrected chi connectivity index (χ4v) is 2.66. The Morgan fingerprint density at radius 2 is 1.75 bits per heavy atom. The molecule has 2 aromatic rings. The Hall–Kier alpha value is -2.01. The van der Waals surface area contributed by atoms with Gasteiger partial charge in [0.25, 0.3) is 0 Å². The van der Waals surface area contributed by atoms with Gasteiger partial charge in [-0.05, 0) is 18.6 Å². The van der Waals surface area contributed by atoms with E-state index in [0.29, 0.717) is 6.04 Å². The predicted molar refractivity (Wildman–Crippen MR) is 78.5 cm³/mol. The predicted octanol–water partition coefficient (Wildman–Crippen LogP) is 1.75. The lowest BCUT2D eigenvalue weighted by Gasteiger charge is -2.38. The number of piperazine rings is 1. The first kappa shape index (κ1) is 13.0. The Bertz CT molecular complexity index is 522. The number of hydrogen-bond donors (Lipinski definition) is 0. The molecule has 1 aliphatic heterocycles. The first-order valence-electron chi connectivity index (χ1n) is 6.98. The molecule has 2 aromatic heterocycles. The van der Waals surface area contributed by atoms with E-state index in [1.165, 1.54) is 5.56 Å². The van der Waals surface area contributed by atoms with Gasteiger partial charge in [-0.3, -0.25) is 9.88 Å². The molecule has 0 aromatic carbocycles. The van der Waals surface area contributed by atoms with E-state index in [9.17, 15) is 0 Å². The molecule has 0 amide bonds. The first-order valence-corrected chi connectivity index (χ1v) is 6.98. The van der Waals surface area contributed by atoms with Crippen LogP contribution in [0.25, 0.3) is 0 Å². The summed E-state index contributed by atoms with van der Waals surface area (Å²) in [5.41, 5.74) is 2.39. The molecule has 3 heterocycles. The zero-order valence-corrected chi connectivity index (χ0v) is 11.7. The van der Waals surface area contributed by atoms with Gasteiger partial charge in [0, 0.05) is 44.6 Å². The lowest BCUT2D eigenvalue weighted by molar-refractivity contribution is 0.198. The van der Waals surface area contributed by atoms with Crippen LogP contribution < -0.4 is 4.90 Å². The second-order valence-electron chi connectivity index (χ2n) is 5.08. The first-order chi connectivity index (χ1) is 9.84. The number of anilines is 1. The van der Waals surface area contributed by atoms with E-state index >= 15 is 0 Å².